The highest BCUT2D eigenvalue weighted by molar-refractivity contribution is 5.33. The van der Waals surface area contributed by atoms with Gasteiger partial charge in [-0.2, -0.15) is 5.10 Å². The first kappa shape index (κ1) is 17.3. The molecule has 0 saturated carbocycles. The van der Waals surface area contributed by atoms with Crippen LogP contribution in [0.1, 0.15) is 11.1 Å². The highest BCUT2D eigenvalue weighted by atomic mass is 19.1. The smallest absolute Gasteiger partial charge is 0.138 e. The van der Waals surface area contributed by atoms with Crippen molar-refractivity contribution in [3.8, 4) is 5.69 Å². The zero-order valence-corrected chi connectivity index (χ0v) is 14.2. The summed E-state index contributed by atoms with van der Waals surface area (Å²) in [5.74, 6) is -0.175. The molecule has 0 unspecified atom stereocenters. The van der Waals surface area contributed by atoms with Gasteiger partial charge in [-0.1, -0.05) is 30.3 Å². The van der Waals surface area contributed by atoms with Gasteiger partial charge in [-0.05, 0) is 23.8 Å². The first-order chi connectivity index (χ1) is 12.3. The lowest BCUT2D eigenvalue weighted by Gasteiger charge is -2.22. The maximum atomic E-state index is 13.9. The number of methoxy groups -OCH3 is 1. The van der Waals surface area contributed by atoms with Gasteiger partial charge in [0.15, 0.2) is 0 Å². The number of hydrogen-bond donors (Lipinski definition) is 0. The van der Waals surface area contributed by atoms with Crippen LogP contribution < -0.4 is 0 Å². The summed E-state index contributed by atoms with van der Waals surface area (Å²) in [5, 5.41) is 4.12. The van der Waals surface area contributed by atoms with Gasteiger partial charge < -0.3 is 4.74 Å². The molecule has 1 aromatic heterocycles. The number of benzene rings is 2. The van der Waals surface area contributed by atoms with Crippen molar-refractivity contribution in [2.75, 3.05) is 20.3 Å². The minimum atomic E-state index is -0.175. The first-order valence-corrected chi connectivity index (χ1v) is 8.15. The van der Waals surface area contributed by atoms with Gasteiger partial charge in [-0.25, -0.2) is 14.1 Å². The maximum absolute atomic E-state index is 13.9. The van der Waals surface area contributed by atoms with E-state index < -0.39 is 0 Å². The summed E-state index contributed by atoms with van der Waals surface area (Å²) in [4.78, 5) is 6.13. The molecule has 0 bridgehead atoms. The quantitative estimate of drug-likeness (QED) is 0.632. The van der Waals surface area contributed by atoms with Gasteiger partial charge in [-0.15, -0.1) is 0 Å². The van der Waals surface area contributed by atoms with Crippen molar-refractivity contribution in [2.45, 2.75) is 13.1 Å². The van der Waals surface area contributed by atoms with E-state index in [9.17, 15) is 4.39 Å². The van der Waals surface area contributed by atoms with Crippen molar-refractivity contribution in [2.24, 2.45) is 0 Å². The summed E-state index contributed by atoms with van der Waals surface area (Å²) in [6, 6.07) is 15.0. The number of halogens is 1. The zero-order chi connectivity index (χ0) is 17.5. The highest BCUT2D eigenvalue weighted by Gasteiger charge is 2.10. The molecule has 0 saturated heterocycles. The maximum Gasteiger partial charge on any atom is 0.138 e. The fourth-order valence-electron chi connectivity index (χ4n) is 2.66. The molecule has 3 aromatic rings. The molecule has 5 nitrogen and oxygen atoms in total. The molecule has 0 aliphatic carbocycles. The Labute approximate surface area is 146 Å². The van der Waals surface area contributed by atoms with Crippen LogP contribution in [0.15, 0.2) is 61.2 Å². The van der Waals surface area contributed by atoms with Crippen molar-refractivity contribution in [3.05, 3.63) is 78.1 Å². The number of rotatable bonds is 8. The van der Waals surface area contributed by atoms with Gasteiger partial charge in [0.25, 0.3) is 0 Å². The van der Waals surface area contributed by atoms with Gasteiger partial charge in [0, 0.05) is 32.3 Å². The van der Waals surface area contributed by atoms with Crippen LogP contribution in [0.2, 0.25) is 0 Å². The van der Waals surface area contributed by atoms with E-state index in [4.69, 9.17) is 4.74 Å². The topological polar surface area (TPSA) is 43.2 Å². The Morgan fingerprint density at radius 1 is 1.08 bits per heavy atom. The van der Waals surface area contributed by atoms with E-state index in [1.54, 1.807) is 24.2 Å². The molecule has 6 heteroatoms. The van der Waals surface area contributed by atoms with Gasteiger partial charge in [-0.3, -0.25) is 4.90 Å². The second-order valence-electron chi connectivity index (χ2n) is 5.80. The SMILES string of the molecule is COCCN(Cc1ccc(-n2cncn2)cc1)Cc1ccccc1F. The van der Waals surface area contributed by atoms with E-state index in [0.29, 0.717) is 18.7 Å². The average molecular weight is 340 g/mol. The van der Waals surface area contributed by atoms with Gasteiger partial charge >= 0.3 is 0 Å². The molecule has 0 amide bonds. The third-order valence-electron chi connectivity index (χ3n) is 3.99. The van der Waals surface area contributed by atoms with Crippen LogP contribution in [0.5, 0.6) is 0 Å². The van der Waals surface area contributed by atoms with E-state index >= 15 is 0 Å². The Bertz CT molecular complexity index is 774. The van der Waals surface area contributed by atoms with Crippen LogP contribution >= 0.6 is 0 Å². The predicted octanol–water partition coefficient (Wildman–Crippen LogP) is 3.06. The van der Waals surface area contributed by atoms with E-state index in [2.05, 4.69) is 27.1 Å². The van der Waals surface area contributed by atoms with Crippen LogP contribution in [0.3, 0.4) is 0 Å². The van der Waals surface area contributed by atoms with Gasteiger partial charge in [0.05, 0.1) is 12.3 Å². The van der Waals surface area contributed by atoms with Crippen LogP contribution in [0.4, 0.5) is 4.39 Å². The third kappa shape index (κ3) is 4.71. The summed E-state index contributed by atoms with van der Waals surface area (Å²) in [6.45, 7) is 2.59. The van der Waals surface area contributed by atoms with Gasteiger partial charge in [0.1, 0.15) is 18.5 Å². The van der Waals surface area contributed by atoms with Crippen LogP contribution in [-0.4, -0.2) is 39.9 Å². The molecule has 0 atom stereocenters. The molecule has 2 aromatic carbocycles. The Morgan fingerprint density at radius 3 is 2.56 bits per heavy atom. The van der Waals surface area contributed by atoms with E-state index in [1.165, 1.54) is 12.4 Å². The highest BCUT2D eigenvalue weighted by Crippen LogP contribution is 2.14. The van der Waals surface area contributed by atoms with Crippen molar-refractivity contribution in [1.82, 2.24) is 19.7 Å². The molecule has 130 valence electrons. The lowest BCUT2D eigenvalue weighted by atomic mass is 10.1. The first-order valence-electron chi connectivity index (χ1n) is 8.15. The second-order valence-corrected chi connectivity index (χ2v) is 5.80. The fourth-order valence-corrected chi connectivity index (χ4v) is 2.66. The molecule has 3 rings (SSSR count). The van der Waals surface area contributed by atoms with Crippen LogP contribution in [0.25, 0.3) is 5.69 Å². The molecule has 0 N–H and O–H groups in total. The summed E-state index contributed by atoms with van der Waals surface area (Å²) in [5.41, 5.74) is 2.80. The molecule has 25 heavy (non-hydrogen) atoms. The molecular formula is C19H21FN4O. The Kier molecular flexibility index (Phi) is 5.87. The Balaban J connectivity index is 1.70. The standard InChI is InChI=1S/C19H21FN4O/c1-25-11-10-23(13-17-4-2-3-5-19(17)20)12-16-6-8-18(9-7-16)24-15-21-14-22-24/h2-9,14-15H,10-13H2,1H3. The van der Waals surface area contributed by atoms with E-state index in [1.807, 2.05) is 24.3 Å². The summed E-state index contributed by atoms with van der Waals surface area (Å²) >= 11 is 0. The van der Waals surface area contributed by atoms with Crippen molar-refractivity contribution < 1.29 is 9.13 Å². The van der Waals surface area contributed by atoms with Crippen molar-refractivity contribution in [3.63, 3.8) is 0 Å². The Hall–Kier alpha value is -2.57. The monoisotopic (exact) mass is 340 g/mol. The van der Waals surface area contributed by atoms with E-state index in [0.717, 1.165) is 24.3 Å². The number of nitrogens with zero attached hydrogens (tertiary/aromatic N) is 4. The molecule has 0 spiro atoms. The molecule has 1 heterocycles. The number of aromatic nitrogens is 3. The fraction of sp³-hybridized carbons (Fsp3) is 0.263. The van der Waals surface area contributed by atoms with E-state index in [-0.39, 0.29) is 5.82 Å². The second kappa shape index (κ2) is 8.50. The third-order valence-corrected chi connectivity index (χ3v) is 3.99. The molecule has 0 fully saturated rings. The van der Waals surface area contributed by atoms with Crippen molar-refractivity contribution >= 4 is 0 Å². The normalized spacial score (nSPS) is 11.2. The molecular weight excluding hydrogens is 319 g/mol. The lowest BCUT2D eigenvalue weighted by molar-refractivity contribution is 0.139. The van der Waals surface area contributed by atoms with Crippen LogP contribution in [0, 0.1) is 5.82 Å². The summed E-state index contributed by atoms with van der Waals surface area (Å²) in [6.07, 6.45) is 3.17. The summed E-state index contributed by atoms with van der Waals surface area (Å²) in [7, 11) is 1.67. The summed E-state index contributed by atoms with van der Waals surface area (Å²) < 4.78 is 20.9. The number of ether oxygens (including phenoxy) is 1. The van der Waals surface area contributed by atoms with Gasteiger partial charge in [0.2, 0.25) is 0 Å². The molecule has 0 aliphatic heterocycles. The minimum absolute atomic E-state index is 0.175. The Morgan fingerprint density at radius 2 is 1.88 bits per heavy atom. The minimum Gasteiger partial charge on any atom is -0.383 e. The molecule has 0 radical (unpaired) electrons. The number of hydrogen-bond acceptors (Lipinski definition) is 4. The molecule has 0 aliphatic rings. The lowest BCUT2D eigenvalue weighted by Crippen LogP contribution is -2.27. The predicted molar refractivity (Wildman–Crippen MR) is 93.7 cm³/mol. The zero-order valence-electron chi connectivity index (χ0n) is 14.2. The van der Waals surface area contributed by atoms with Crippen molar-refractivity contribution in [1.29, 1.82) is 0 Å². The largest absolute Gasteiger partial charge is 0.383 e. The average Bonchev–Trinajstić information content (AvgIpc) is 3.17. The van der Waals surface area contributed by atoms with Crippen LogP contribution in [-0.2, 0) is 17.8 Å².